The molecule has 0 spiro atoms. The third kappa shape index (κ3) is 8.90. The summed E-state index contributed by atoms with van der Waals surface area (Å²) in [5, 5.41) is 11.3. The molecule has 222 valence electrons. The molecule has 2 aromatic rings. The predicted octanol–water partition coefficient (Wildman–Crippen LogP) is 4.51. The lowest BCUT2D eigenvalue weighted by Crippen LogP contribution is -2.60. The molecule has 0 bridgehead atoms. The highest BCUT2D eigenvalue weighted by molar-refractivity contribution is 7.92. The molecule has 2 N–H and O–H groups in total. The number of nitrogens with zero attached hydrogens (tertiary/aromatic N) is 3. The van der Waals surface area contributed by atoms with Crippen LogP contribution in [0.3, 0.4) is 0 Å². The maximum absolute atomic E-state index is 12.8. The highest BCUT2D eigenvalue weighted by Crippen LogP contribution is 2.35. The van der Waals surface area contributed by atoms with E-state index in [1.54, 1.807) is 16.4 Å². The van der Waals surface area contributed by atoms with Crippen LogP contribution in [0.15, 0.2) is 54.6 Å². The van der Waals surface area contributed by atoms with E-state index in [4.69, 9.17) is 9.02 Å². The number of amides is 1. The summed E-state index contributed by atoms with van der Waals surface area (Å²) >= 11 is 1.07. The lowest BCUT2D eigenvalue weighted by Gasteiger charge is -2.44. The molecule has 2 aromatic carbocycles. The number of alkyl halides is 3. The van der Waals surface area contributed by atoms with E-state index >= 15 is 0 Å². The van der Waals surface area contributed by atoms with Crippen LogP contribution in [0.2, 0.25) is 0 Å². The molecule has 0 unspecified atom stereocenters. The van der Waals surface area contributed by atoms with Crippen LogP contribution in [0.4, 0.5) is 13.2 Å². The first-order valence-electron chi connectivity index (χ1n) is 12.7. The first-order valence-corrected chi connectivity index (χ1v) is 13.4. The standard InChI is InChI=1S/C26H33F3N4O5S.H2S/c1-31(25(24(34)30-35)13-17-32(18-14-25)19-20-5-3-2-4-6-20)39-38-33-15-11-22(12-16-33)36-21-7-9-23(10-8-21)37-26(27,28)29;/h2-10,22,35H,11-19H2,1H3,(H,30,34);1H2. The van der Waals surface area contributed by atoms with Crippen LogP contribution in [0, 0.1) is 0 Å². The number of likely N-dealkylation sites (tertiary alicyclic amines) is 1. The van der Waals surface area contributed by atoms with E-state index in [0.717, 1.165) is 18.8 Å². The number of carbonyl (C=O) groups excluding carboxylic acids is 1. The third-order valence-electron chi connectivity index (χ3n) is 7.07. The molecule has 0 aromatic heterocycles. The van der Waals surface area contributed by atoms with Crippen LogP contribution in [-0.2, 0) is 15.6 Å². The topological polar surface area (TPSA) is 86.7 Å². The summed E-state index contributed by atoms with van der Waals surface area (Å²) in [6.45, 7) is 3.34. The molecule has 2 saturated heterocycles. The van der Waals surface area contributed by atoms with Crippen LogP contribution in [-0.4, -0.2) is 76.6 Å². The summed E-state index contributed by atoms with van der Waals surface area (Å²) in [4.78, 5) is 15.1. The Morgan fingerprint density at radius 2 is 1.65 bits per heavy atom. The summed E-state index contributed by atoms with van der Waals surface area (Å²) in [5.41, 5.74) is 2.13. The van der Waals surface area contributed by atoms with Gasteiger partial charge in [-0.15, -0.1) is 13.2 Å². The van der Waals surface area contributed by atoms with Gasteiger partial charge < -0.3 is 9.47 Å². The minimum atomic E-state index is -4.73. The second-order valence-electron chi connectivity index (χ2n) is 9.65. The lowest BCUT2D eigenvalue weighted by molar-refractivity contribution is -0.274. The maximum Gasteiger partial charge on any atom is 0.573 e. The average Bonchev–Trinajstić information content (AvgIpc) is 2.93. The first kappa shape index (κ1) is 32.3. The summed E-state index contributed by atoms with van der Waals surface area (Å²) in [7, 11) is 1.79. The molecule has 0 saturated carbocycles. The molecule has 2 aliphatic heterocycles. The molecule has 40 heavy (non-hydrogen) atoms. The Hall–Kier alpha value is -2.20. The van der Waals surface area contributed by atoms with Crippen LogP contribution >= 0.6 is 25.7 Å². The Labute approximate surface area is 243 Å². The van der Waals surface area contributed by atoms with Crippen molar-refractivity contribution < 1.29 is 36.9 Å². The predicted molar refractivity (Wildman–Crippen MR) is 149 cm³/mol. The maximum atomic E-state index is 12.8. The van der Waals surface area contributed by atoms with Gasteiger partial charge in [0.1, 0.15) is 35.4 Å². The highest BCUT2D eigenvalue weighted by atomic mass is 32.2. The lowest BCUT2D eigenvalue weighted by atomic mass is 9.86. The number of halogens is 3. The van der Waals surface area contributed by atoms with Crippen molar-refractivity contribution in [3.63, 3.8) is 0 Å². The van der Waals surface area contributed by atoms with E-state index in [9.17, 15) is 23.2 Å². The number of rotatable bonds is 10. The van der Waals surface area contributed by atoms with Gasteiger partial charge in [0.05, 0.1) is 0 Å². The van der Waals surface area contributed by atoms with Crippen molar-refractivity contribution in [1.29, 1.82) is 0 Å². The number of hydroxylamine groups is 3. The second-order valence-corrected chi connectivity index (χ2v) is 10.5. The molecule has 4 rings (SSSR count). The summed E-state index contributed by atoms with van der Waals surface area (Å²) in [6, 6.07) is 15.5. The summed E-state index contributed by atoms with van der Waals surface area (Å²) in [5.74, 6) is -0.290. The number of piperidine rings is 2. The highest BCUT2D eigenvalue weighted by Gasteiger charge is 2.46. The van der Waals surface area contributed by atoms with Crippen LogP contribution in [0.25, 0.3) is 0 Å². The van der Waals surface area contributed by atoms with Crippen molar-refractivity contribution in [3.05, 3.63) is 60.2 Å². The number of hydrogen-bond donors (Lipinski definition) is 2. The van der Waals surface area contributed by atoms with Crippen molar-refractivity contribution in [3.8, 4) is 11.5 Å². The number of benzene rings is 2. The van der Waals surface area contributed by atoms with E-state index in [1.165, 1.54) is 29.8 Å². The minimum Gasteiger partial charge on any atom is -0.490 e. The van der Waals surface area contributed by atoms with Gasteiger partial charge in [-0.1, -0.05) is 30.3 Å². The van der Waals surface area contributed by atoms with Gasteiger partial charge in [0.2, 0.25) is 0 Å². The fourth-order valence-corrected chi connectivity index (χ4v) is 5.57. The SMILES string of the molecule is CN(SON1CCC(Oc2ccc(OC(F)(F)F)cc2)CC1)C1(C(=O)NO)CCN(Cc2ccccc2)CC1.S. The average molecular weight is 605 g/mol. The quantitative estimate of drug-likeness (QED) is 0.176. The van der Waals surface area contributed by atoms with Gasteiger partial charge in [0, 0.05) is 39.8 Å². The normalized spacial score (nSPS) is 18.6. The zero-order valence-corrected chi connectivity index (χ0v) is 23.9. The van der Waals surface area contributed by atoms with Crippen molar-refractivity contribution in [2.24, 2.45) is 0 Å². The first-order chi connectivity index (χ1) is 18.7. The summed E-state index contributed by atoms with van der Waals surface area (Å²) in [6.07, 6.45) is -2.47. The van der Waals surface area contributed by atoms with Gasteiger partial charge in [-0.3, -0.25) is 14.9 Å². The molecule has 0 atom stereocenters. The van der Waals surface area contributed by atoms with Crippen LogP contribution in [0.1, 0.15) is 31.2 Å². The Bertz CT molecular complexity index is 1050. The fourth-order valence-electron chi connectivity index (χ4n) is 4.82. The van der Waals surface area contributed by atoms with Gasteiger partial charge in [0.25, 0.3) is 5.91 Å². The van der Waals surface area contributed by atoms with E-state index in [-0.39, 0.29) is 25.3 Å². The molecule has 1 amide bonds. The molecule has 14 heteroatoms. The van der Waals surface area contributed by atoms with Crippen molar-refractivity contribution in [2.75, 3.05) is 33.2 Å². The van der Waals surface area contributed by atoms with Crippen molar-refractivity contribution in [1.82, 2.24) is 19.7 Å². The molecule has 0 aliphatic carbocycles. The zero-order valence-electron chi connectivity index (χ0n) is 22.1. The molecule has 0 radical (unpaired) electrons. The van der Waals surface area contributed by atoms with Gasteiger partial charge in [0.15, 0.2) is 0 Å². The second kappa shape index (κ2) is 14.6. The molecule has 2 heterocycles. The van der Waals surface area contributed by atoms with E-state index in [1.807, 2.05) is 23.7 Å². The molecule has 2 aliphatic rings. The zero-order chi connectivity index (χ0) is 27.9. The molecular weight excluding hydrogens is 569 g/mol. The number of ether oxygens (including phenoxy) is 2. The fraction of sp³-hybridized carbons (Fsp3) is 0.500. The van der Waals surface area contributed by atoms with Crippen LogP contribution in [0.5, 0.6) is 11.5 Å². The van der Waals surface area contributed by atoms with E-state index in [0.29, 0.717) is 57.6 Å². The van der Waals surface area contributed by atoms with Gasteiger partial charge in [-0.2, -0.15) is 18.6 Å². The number of hydrogen-bond acceptors (Lipinski definition) is 9. The molecule has 2 fully saturated rings. The van der Waals surface area contributed by atoms with Crippen molar-refractivity contribution in [2.45, 2.75) is 50.2 Å². The van der Waals surface area contributed by atoms with Gasteiger partial charge in [-0.05, 0) is 55.5 Å². The van der Waals surface area contributed by atoms with Crippen molar-refractivity contribution >= 4 is 31.6 Å². The van der Waals surface area contributed by atoms with Gasteiger partial charge >= 0.3 is 6.36 Å². The Morgan fingerprint density at radius 1 is 1.05 bits per heavy atom. The number of likely N-dealkylation sites (N-methyl/N-ethyl adjacent to an activating group) is 1. The third-order valence-corrected chi connectivity index (χ3v) is 7.92. The van der Waals surface area contributed by atoms with Crippen LogP contribution < -0.4 is 15.0 Å². The Kier molecular flexibility index (Phi) is 11.8. The minimum absolute atomic E-state index is 0. The number of carbonyl (C=O) groups is 1. The van der Waals surface area contributed by atoms with Gasteiger partial charge in [-0.25, -0.2) is 14.1 Å². The smallest absolute Gasteiger partial charge is 0.490 e. The Morgan fingerprint density at radius 3 is 2.23 bits per heavy atom. The monoisotopic (exact) mass is 604 g/mol. The Balaban J connectivity index is 0.00000441. The van der Waals surface area contributed by atoms with E-state index in [2.05, 4.69) is 21.8 Å². The largest absolute Gasteiger partial charge is 0.573 e. The summed E-state index contributed by atoms with van der Waals surface area (Å²) < 4.78 is 54.5. The molecular formula is C26H35F3N4O5S2. The van der Waals surface area contributed by atoms with E-state index < -0.39 is 17.8 Å². The number of nitrogens with one attached hydrogen (secondary N) is 1. The molecule has 9 nitrogen and oxygen atoms in total.